The van der Waals surface area contributed by atoms with E-state index < -0.39 is 26.2 Å². The highest BCUT2D eigenvalue weighted by Gasteiger charge is 2.29. The molecular weight excluding hydrogens is 388 g/mol. The third-order valence-corrected chi connectivity index (χ3v) is 6.37. The molecule has 29 heavy (non-hydrogen) atoms. The average molecular weight is 413 g/mol. The predicted octanol–water partition coefficient (Wildman–Crippen LogP) is 4.95. The van der Waals surface area contributed by atoms with Gasteiger partial charge in [0.05, 0.1) is 0 Å². The van der Waals surface area contributed by atoms with E-state index >= 15 is 0 Å². The van der Waals surface area contributed by atoms with Crippen molar-refractivity contribution in [2.45, 2.75) is 38.0 Å². The summed E-state index contributed by atoms with van der Waals surface area (Å²) in [5.41, 5.74) is 3.40. The minimum Gasteiger partial charge on any atom is -0.507 e. The molecule has 0 aromatic heterocycles. The average Bonchev–Trinajstić information content (AvgIpc) is 2.63. The lowest BCUT2D eigenvalue weighted by molar-refractivity contribution is 0.442. The molecule has 3 N–H and O–H groups in total. The van der Waals surface area contributed by atoms with E-state index in [1.807, 2.05) is 43.3 Å². The van der Waals surface area contributed by atoms with Crippen molar-refractivity contribution >= 4 is 10.1 Å². The third kappa shape index (κ3) is 3.61. The SMILES string of the molecule is Cc1ccc(S(=O)(=O)O)c(O)c1-c1c(O)ccc(C(C)(C)c2ccccc2)c1C. The van der Waals surface area contributed by atoms with Crippen LogP contribution in [-0.2, 0) is 15.5 Å². The van der Waals surface area contributed by atoms with E-state index in [0.29, 0.717) is 16.7 Å². The van der Waals surface area contributed by atoms with Crippen LogP contribution in [0.15, 0.2) is 59.5 Å². The topological polar surface area (TPSA) is 94.8 Å². The van der Waals surface area contributed by atoms with Gasteiger partial charge in [0, 0.05) is 16.5 Å². The van der Waals surface area contributed by atoms with Crippen LogP contribution in [0.5, 0.6) is 11.5 Å². The Kier molecular flexibility index (Phi) is 5.19. The van der Waals surface area contributed by atoms with Gasteiger partial charge in [0.15, 0.2) is 0 Å². The summed E-state index contributed by atoms with van der Waals surface area (Å²) in [5.74, 6) is -0.665. The molecule has 6 heteroatoms. The maximum atomic E-state index is 11.7. The van der Waals surface area contributed by atoms with Crippen LogP contribution >= 0.6 is 0 Å². The molecular formula is C23H24O5S. The summed E-state index contributed by atoms with van der Waals surface area (Å²) in [7, 11) is -4.62. The molecule has 0 saturated heterocycles. The fourth-order valence-corrected chi connectivity index (χ4v) is 4.48. The molecule has 0 unspecified atom stereocenters. The van der Waals surface area contributed by atoms with Gasteiger partial charge in [0.1, 0.15) is 16.4 Å². The fourth-order valence-electron chi connectivity index (χ4n) is 3.90. The molecule has 0 aliphatic rings. The molecule has 152 valence electrons. The van der Waals surface area contributed by atoms with Gasteiger partial charge < -0.3 is 10.2 Å². The van der Waals surface area contributed by atoms with Gasteiger partial charge in [-0.25, -0.2) is 0 Å². The Balaban J connectivity index is 2.33. The largest absolute Gasteiger partial charge is 0.507 e. The summed E-state index contributed by atoms with van der Waals surface area (Å²) in [4.78, 5) is -0.593. The Bertz CT molecular complexity index is 1180. The molecule has 0 aliphatic heterocycles. The lowest BCUT2D eigenvalue weighted by Crippen LogP contribution is -2.20. The molecule has 0 bridgehead atoms. The van der Waals surface area contributed by atoms with E-state index in [9.17, 15) is 23.2 Å². The summed E-state index contributed by atoms with van der Waals surface area (Å²) in [6, 6.07) is 15.9. The lowest BCUT2D eigenvalue weighted by atomic mass is 9.74. The standard InChI is InChI=1S/C23H24O5S/c1-14-10-13-19(29(26,27)28)22(25)20(14)21-15(2)17(11-12-18(21)24)23(3,4)16-8-6-5-7-9-16/h5-13,24-25H,1-4H3,(H,26,27,28). The molecule has 0 spiro atoms. The molecule has 0 heterocycles. The minimum atomic E-state index is -4.62. The van der Waals surface area contributed by atoms with E-state index in [0.717, 1.165) is 17.2 Å². The minimum absolute atomic E-state index is 0.0824. The van der Waals surface area contributed by atoms with Gasteiger partial charge in [-0.15, -0.1) is 0 Å². The first kappa shape index (κ1) is 20.9. The first-order chi connectivity index (χ1) is 13.5. The smallest absolute Gasteiger partial charge is 0.298 e. The predicted molar refractivity (Wildman–Crippen MR) is 113 cm³/mol. The second-order valence-corrected chi connectivity index (χ2v) is 9.09. The Morgan fingerprint density at radius 2 is 1.45 bits per heavy atom. The number of phenols is 2. The Hall–Kier alpha value is -2.83. The van der Waals surface area contributed by atoms with E-state index in [1.165, 1.54) is 6.07 Å². The second-order valence-electron chi connectivity index (χ2n) is 7.70. The van der Waals surface area contributed by atoms with Crippen LogP contribution in [0.2, 0.25) is 0 Å². The maximum Gasteiger partial charge on any atom is 0.298 e. The van der Waals surface area contributed by atoms with Crippen LogP contribution in [-0.4, -0.2) is 23.2 Å². The lowest BCUT2D eigenvalue weighted by Gasteiger charge is -2.29. The van der Waals surface area contributed by atoms with Gasteiger partial charge in [-0.1, -0.05) is 56.3 Å². The van der Waals surface area contributed by atoms with Gasteiger partial charge in [0.2, 0.25) is 0 Å². The normalized spacial score (nSPS) is 12.2. The number of aromatic hydroxyl groups is 2. The number of phenolic OH excluding ortho intramolecular Hbond substituents is 2. The second kappa shape index (κ2) is 7.21. The van der Waals surface area contributed by atoms with Gasteiger partial charge in [-0.2, -0.15) is 8.42 Å². The fraction of sp³-hybridized carbons (Fsp3) is 0.217. The quantitative estimate of drug-likeness (QED) is 0.527. The number of hydrogen-bond donors (Lipinski definition) is 3. The highest BCUT2D eigenvalue weighted by molar-refractivity contribution is 7.86. The molecule has 0 fully saturated rings. The van der Waals surface area contributed by atoms with Crippen molar-refractivity contribution in [3.8, 4) is 22.6 Å². The first-order valence-corrected chi connectivity index (χ1v) is 10.6. The Labute approximate surface area is 171 Å². The van der Waals surface area contributed by atoms with Gasteiger partial charge in [0.25, 0.3) is 10.1 Å². The zero-order chi connectivity index (χ0) is 21.6. The van der Waals surface area contributed by atoms with Crippen LogP contribution < -0.4 is 0 Å². The van der Waals surface area contributed by atoms with Crippen molar-refractivity contribution in [2.24, 2.45) is 0 Å². The summed E-state index contributed by atoms with van der Waals surface area (Å²) in [6.45, 7) is 7.66. The summed E-state index contributed by atoms with van der Waals surface area (Å²) >= 11 is 0. The van der Waals surface area contributed by atoms with Crippen molar-refractivity contribution in [3.05, 3.63) is 76.9 Å². The Morgan fingerprint density at radius 3 is 2.03 bits per heavy atom. The number of rotatable bonds is 4. The van der Waals surface area contributed by atoms with Crippen molar-refractivity contribution in [1.29, 1.82) is 0 Å². The first-order valence-electron chi connectivity index (χ1n) is 9.15. The van der Waals surface area contributed by atoms with Crippen LogP contribution in [0, 0.1) is 13.8 Å². The van der Waals surface area contributed by atoms with Gasteiger partial charge >= 0.3 is 0 Å². The van der Waals surface area contributed by atoms with Crippen molar-refractivity contribution in [1.82, 2.24) is 0 Å². The summed E-state index contributed by atoms with van der Waals surface area (Å²) < 4.78 is 32.8. The third-order valence-electron chi connectivity index (χ3n) is 5.49. The van der Waals surface area contributed by atoms with Crippen molar-refractivity contribution in [3.63, 3.8) is 0 Å². The highest BCUT2D eigenvalue weighted by atomic mass is 32.2. The molecule has 3 rings (SSSR count). The van der Waals surface area contributed by atoms with Crippen LogP contribution in [0.25, 0.3) is 11.1 Å². The monoisotopic (exact) mass is 412 g/mol. The van der Waals surface area contributed by atoms with E-state index in [-0.39, 0.29) is 11.3 Å². The van der Waals surface area contributed by atoms with Crippen molar-refractivity contribution < 1.29 is 23.2 Å². The van der Waals surface area contributed by atoms with Crippen LogP contribution in [0.4, 0.5) is 0 Å². The van der Waals surface area contributed by atoms with Gasteiger partial charge in [-0.3, -0.25) is 4.55 Å². The van der Waals surface area contributed by atoms with E-state index in [2.05, 4.69) is 13.8 Å². The molecule has 5 nitrogen and oxygen atoms in total. The molecule has 3 aromatic carbocycles. The van der Waals surface area contributed by atoms with Crippen LogP contribution in [0.3, 0.4) is 0 Å². The maximum absolute atomic E-state index is 11.7. The molecule has 0 aliphatic carbocycles. The molecule has 0 amide bonds. The number of hydrogen-bond acceptors (Lipinski definition) is 4. The van der Waals surface area contributed by atoms with E-state index in [1.54, 1.807) is 13.0 Å². The molecule has 0 saturated carbocycles. The van der Waals surface area contributed by atoms with E-state index in [4.69, 9.17) is 0 Å². The highest BCUT2D eigenvalue weighted by Crippen LogP contribution is 2.46. The van der Waals surface area contributed by atoms with Crippen molar-refractivity contribution in [2.75, 3.05) is 0 Å². The number of benzene rings is 3. The zero-order valence-corrected chi connectivity index (χ0v) is 17.6. The molecule has 0 atom stereocenters. The molecule has 3 aromatic rings. The number of aryl methyl sites for hydroxylation is 1. The Morgan fingerprint density at radius 1 is 0.828 bits per heavy atom. The summed E-state index contributed by atoms with van der Waals surface area (Å²) in [5, 5.41) is 21.3. The zero-order valence-electron chi connectivity index (χ0n) is 16.8. The van der Waals surface area contributed by atoms with Crippen LogP contribution in [0.1, 0.15) is 36.1 Å². The van der Waals surface area contributed by atoms with Gasteiger partial charge in [-0.05, 0) is 48.2 Å². The molecule has 0 radical (unpaired) electrons. The summed E-state index contributed by atoms with van der Waals surface area (Å²) in [6.07, 6.45) is 0.